The zero-order valence-electron chi connectivity index (χ0n) is 7.64. The van der Waals surface area contributed by atoms with Gasteiger partial charge in [-0.05, 0) is 0 Å². The molecule has 1 N–H and O–H groups in total. The molecule has 0 saturated heterocycles. The Bertz CT molecular complexity index is 340. The number of thiocyanates is 1. The van der Waals surface area contributed by atoms with Gasteiger partial charge in [0, 0.05) is 12.1 Å². The molecule has 0 radical (unpaired) electrons. The number of aliphatic imine (C=N–C) groups is 1. The highest BCUT2D eigenvalue weighted by Gasteiger charge is 2.05. The lowest BCUT2D eigenvalue weighted by atomic mass is 10.2. The van der Waals surface area contributed by atoms with Crippen LogP contribution in [0.5, 0.6) is 0 Å². The Labute approximate surface area is 88.9 Å². The molecule has 14 heavy (non-hydrogen) atoms. The molecule has 0 aromatic heterocycles. The van der Waals surface area contributed by atoms with Crippen molar-refractivity contribution in [2.45, 2.75) is 0 Å². The van der Waals surface area contributed by atoms with Crippen LogP contribution in [0.1, 0.15) is 5.56 Å². The summed E-state index contributed by atoms with van der Waals surface area (Å²) in [4.78, 5) is 4.31. The second-order valence-corrected chi connectivity index (χ2v) is 2.82. The highest BCUT2D eigenvalue weighted by atomic mass is 32.1. The second-order valence-electron chi connectivity index (χ2n) is 2.62. The molecule has 1 heterocycles. The summed E-state index contributed by atoms with van der Waals surface area (Å²) in [7, 11) is 0. The van der Waals surface area contributed by atoms with E-state index in [0.29, 0.717) is 0 Å². The number of amidine groups is 1. The van der Waals surface area contributed by atoms with Crippen LogP contribution in [0.15, 0.2) is 35.3 Å². The van der Waals surface area contributed by atoms with Crippen molar-refractivity contribution in [2.75, 3.05) is 13.1 Å². The van der Waals surface area contributed by atoms with Crippen molar-refractivity contribution < 1.29 is 0 Å². The zero-order valence-corrected chi connectivity index (χ0v) is 8.54. The fraction of sp³-hybridized carbons (Fsp3) is 0.200. The van der Waals surface area contributed by atoms with Crippen molar-refractivity contribution in [2.24, 2.45) is 4.99 Å². The predicted octanol–water partition coefficient (Wildman–Crippen LogP) is 1.43. The van der Waals surface area contributed by atoms with Gasteiger partial charge in [0.1, 0.15) is 11.2 Å². The molecular formula is C10H11N3S. The van der Waals surface area contributed by atoms with Crippen molar-refractivity contribution in [3.63, 3.8) is 0 Å². The molecule has 3 nitrogen and oxygen atoms in total. The Balaban J connectivity index is 0.000000293. The van der Waals surface area contributed by atoms with E-state index in [1.54, 1.807) is 0 Å². The largest absolute Gasteiger partial charge is 0.368 e. The lowest BCUT2D eigenvalue weighted by molar-refractivity contribution is 0.960. The molecule has 4 heteroatoms. The van der Waals surface area contributed by atoms with Crippen LogP contribution < -0.4 is 5.32 Å². The summed E-state index contributed by atoms with van der Waals surface area (Å²) in [5.41, 5.74) is 1.19. The van der Waals surface area contributed by atoms with E-state index in [9.17, 15) is 0 Å². The molecule has 1 aliphatic heterocycles. The van der Waals surface area contributed by atoms with Crippen LogP contribution in [0.3, 0.4) is 0 Å². The Kier molecular flexibility index (Phi) is 4.59. The SMILES string of the molecule is N#CS.c1ccc(C2=NCCN2)cc1. The van der Waals surface area contributed by atoms with E-state index >= 15 is 0 Å². The number of rotatable bonds is 1. The summed E-state index contributed by atoms with van der Waals surface area (Å²) in [5.74, 6) is 1.03. The van der Waals surface area contributed by atoms with Crippen LogP contribution in [0.25, 0.3) is 0 Å². The maximum atomic E-state index is 7.18. The van der Waals surface area contributed by atoms with Crippen molar-refractivity contribution in [1.29, 1.82) is 5.26 Å². The first-order valence-electron chi connectivity index (χ1n) is 4.25. The minimum absolute atomic E-state index is 0.907. The molecule has 1 aromatic carbocycles. The maximum absolute atomic E-state index is 7.18. The molecule has 0 atom stereocenters. The third-order valence-electron chi connectivity index (χ3n) is 1.72. The fourth-order valence-electron chi connectivity index (χ4n) is 1.19. The Hall–Kier alpha value is -1.47. The number of hydrogen-bond donors (Lipinski definition) is 2. The van der Waals surface area contributed by atoms with Crippen LogP contribution >= 0.6 is 12.6 Å². The molecule has 0 fully saturated rings. The van der Waals surface area contributed by atoms with E-state index in [4.69, 9.17) is 5.26 Å². The molecule has 1 aliphatic rings. The van der Waals surface area contributed by atoms with Gasteiger partial charge in [-0.3, -0.25) is 4.99 Å². The molecule has 2 rings (SSSR count). The molecule has 0 unspecified atom stereocenters. The summed E-state index contributed by atoms with van der Waals surface area (Å²) in [6.45, 7) is 1.88. The number of nitriles is 1. The van der Waals surface area contributed by atoms with Gasteiger partial charge in [0.25, 0.3) is 0 Å². The van der Waals surface area contributed by atoms with E-state index in [-0.39, 0.29) is 0 Å². The molecule has 0 aliphatic carbocycles. The number of nitrogens with zero attached hydrogens (tertiary/aromatic N) is 2. The van der Waals surface area contributed by atoms with Crippen LogP contribution in [0.4, 0.5) is 0 Å². The summed E-state index contributed by atoms with van der Waals surface area (Å²) in [6.07, 6.45) is 0. The number of thiol groups is 1. The van der Waals surface area contributed by atoms with Crippen LogP contribution in [-0.2, 0) is 0 Å². The molecule has 72 valence electrons. The summed E-state index contributed by atoms with van der Waals surface area (Å²) in [5, 5.41) is 11.9. The number of hydrogen-bond acceptors (Lipinski definition) is 4. The van der Waals surface area contributed by atoms with Crippen molar-refractivity contribution >= 4 is 18.5 Å². The number of nitrogens with one attached hydrogen (secondary N) is 1. The molecule has 1 aromatic rings. The van der Waals surface area contributed by atoms with Gasteiger partial charge in [-0.15, -0.1) is 0 Å². The molecular weight excluding hydrogens is 194 g/mol. The van der Waals surface area contributed by atoms with E-state index in [1.807, 2.05) is 18.2 Å². The normalized spacial score (nSPS) is 13.0. The number of benzene rings is 1. The fourth-order valence-corrected chi connectivity index (χ4v) is 1.19. The van der Waals surface area contributed by atoms with Gasteiger partial charge in [-0.2, -0.15) is 5.26 Å². The van der Waals surface area contributed by atoms with E-state index in [1.165, 1.54) is 11.0 Å². The highest BCUT2D eigenvalue weighted by molar-refractivity contribution is 7.85. The van der Waals surface area contributed by atoms with Crippen LogP contribution in [0, 0.1) is 10.7 Å². The second kappa shape index (κ2) is 6.06. The summed E-state index contributed by atoms with van der Waals surface area (Å²) >= 11 is 3.09. The van der Waals surface area contributed by atoms with E-state index in [2.05, 4.69) is 35.1 Å². The average molecular weight is 205 g/mol. The Morgan fingerprint density at radius 3 is 2.50 bits per heavy atom. The Morgan fingerprint density at radius 2 is 2.00 bits per heavy atom. The Morgan fingerprint density at radius 1 is 1.36 bits per heavy atom. The van der Waals surface area contributed by atoms with Crippen molar-refractivity contribution in [1.82, 2.24) is 5.32 Å². The maximum Gasteiger partial charge on any atom is 0.130 e. The zero-order chi connectivity index (χ0) is 10.2. The minimum Gasteiger partial charge on any atom is -0.368 e. The van der Waals surface area contributed by atoms with Gasteiger partial charge < -0.3 is 5.32 Å². The van der Waals surface area contributed by atoms with E-state index < -0.39 is 0 Å². The summed E-state index contributed by atoms with van der Waals surface area (Å²) in [6, 6.07) is 10.2. The van der Waals surface area contributed by atoms with Gasteiger partial charge in [0.05, 0.1) is 6.54 Å². The van der Waals surface area contributed by atoms with Crippen LogP contribution in [0.2, 0.25) is 0 Å². The first-order valence-corrected chi connectivity index (χ1v) is 4.70. The molecule has 0 spiro atoms. The third kappa shape index (κ3) is 3.11. The first kappa shape index (κ1) is 10.6. The van der Waals surface area contributed by atoms with Gasteiger partial charge in [0.15, 0.2) is 0 Å². The van der Waals surface area contributed by atoms with Crippen molar-refractivity contribution in [3.8, 4) is 5.40 Å². The predicted molar refractivity (Wildman–Crippen MR) is 60.4 cm³/mol. The monoisotopic (exact) mass is 205 g/mol. The average Bonchev–Trinajstić information content (AvgIpc) is 2.73. The molecule has 0 saturated carbocycles. The van der Waals surface area contributed by atoms with E-state index in [0.717, 1.165) is 18.9 Å². The van der Waals surface area contributed by atoms with Crippen molar-refractivity contribution in [3.05, 3.63) is 35.9 Å². The quantitative estimate of drug-likeness (QED) is 0.538. The minimum atomic E-state index is 0.907. The van der Waals surface area contributed by atoms with Gasteiger partial charge in [0.2, 0.25) is 0 Å². The van der Waals surface area contributed by atoms with Gasteiger partial charge >= 0.3 is 0 Å². The topological polar surface area (TPSA) is 48.2 Å². The highest BCUT2D eigenvalue weighted by Crippen LogP contribution is 2.01. The van der Waals surface area contributed by atoms with Gasteiger partial charge in [-0.1, -0.05) is 43.0 Å². The van der Waals surface area contributed by atoms with Gasteiger partial charge in [-0.25, -0.2) is 0 Å². The lowest BCUT2D eigenvalue weighted by Gasteiger charge is -1.99. The summed E-state index contributed by atoms with van der Waals surface area (Å²) < 4.78 is 0. The molecule has 0 bridgehead atoms. The standard InChI is InChI=1S/C9H10N2.CHNS/c1-2-4-8(5-3-1)9-10-6-7-11-9;2-1-3/h1-5H,6-7H2,(H,10,11);3H. The van der Waals surface area contributed by atoms with Crippen LogP contribution in [-0.4, -0.2) is 18.9 Å². The lowest BCUT2D eigenvalue weighted by Crippen LogP contribution is -2.19. The first-order chi connectivity index (χ1) is 6.88. The smallest absolute Gasteiger partial charge is 0.130 e. The third-order valence-corrected chi connectivity index (χ3v) is 1.72. The molecule has 0 amide bonds.